The number of H-pyrrole nitrogens is 1. The summed E-state index contributed by atoms with van der Waals surface area (Å²) in [5.74, 6) is 0.631. The number of pyridine rings is 1. The third kappa shape index (κ3) is 2.49. The molecule has 0 unspecified atom stereocenters. The summed E-state index contributed by atoms with van der Waals surface area (Å²) in [6.45, 7) is 1.99. The molecule has 4 aromatic rings. The van der Waals surface area contributed by atoms with Gasteiger partial charge in [-0.05, 0) is 31.2 Å². The first-order valence-corrected chi connectivity index (χ1v) is 8.06. The molecule has 0 fully saturated rings. The molecule has 0 bridgehead atoms. The quantitative estimate of drug-likeness (QED) is 0.587. The first kappa shape index (κ1) is 14.0. The van der Waals surface area contributed by atoms with E-state index in [2.05, 4.69) is 20.2 Å². The van der Waals surface area contributed by atoms with Crippen LogP contribution in [-0.2, 0) is 0 Å². The van der Waals surface area contributed by atoms with Crippen LogP contribution in [0.5, 0.6) is 0 Å². The number of hydrogen-bond acceptors (Lipinski definition) is 5. The molecule has 7 heteroatoms. The smallest absolute Gasteiger partial charge is 0.258 e. The average molecular weight is 323 g/mol. The number of hydrogen-bond donors (Lipinski definition) is 1. The Bertz CT molecular complexity index is 1050. The second-order valence-electron chi connectivity index (χ2n) is 5.14. The molecule has 1 atom stereocenters. The van der Waals surface area contributed by atoms with Crippen LogP contribution in [0.3, 0.4) is 0 Å². The van der Waals surface area contributed by atoms with E-state index in [9.17, 15) is 4.79 Å². The highest BCUT2D eigenvalue weighted by atomic mass is 32.2. The average Bonchev–Trinajstić information content (AvgIpc) is 2.98. The largest absolute Gasteiger partial charge is 0.309 e. The normalized spacial score (nSPS) is 12.7. The van der Waals surface area contributed by atoms with Crippen LogP contribution in [0.15, 0.2) is 58.6 Å². The molecule has 3 aromatic heterocycles. The maximum Gasteiger partial charge on any atom is 0.258 e. The molecule has 6 nitrogen and oxygen atoms in total. The summed E-state index contributed by atoms with van der Waals surface area (Å²) in [4.78, 5) is 19.6. The highest BCUT2D eigenvalue weighted by Crippen LogP contribution is 2.31. The van der Waals surface area contributed by atoms with Gasteiger partial charge in [0, 0.05) is 6.20 Å². The van der Waals surface area contributed by atoms with Crippen molar-refractivity contribution in [3.63, 3.8) is 0 Å². The Kier molecular flexibility index (Phi) is 3.34. The molecule has 114 valence electrons. The van der Waals surface area contributed by atoms with Crippen molar-refractivity contribution < 1.29 is 0 Å². The summed E-state index contributed by atoms with van der Waals surface area (Å²) in [6.07, 6.45) is 1.92. The summed E-state index contributed by atoms with van der Waals surface area (Å²) >= 11 is 1.51. The van der Waals surface area contributed by atoms with Crippen LogP contribution < -0.4 is 5.56 Å². The standard InChI is InChI=1S/C16H13N5OS/c1-10(23-16-20-19-13-8-4-5-9-21(13)16)14-17-12-7-3-2-6-11(12)15(22)18-14/h2-10H,1H3,(H,17,18,22)/t10-/m0/s1. The maximum absolute atomic E-state index is 12.2. The van der Waals surface area contributed by atoms with Gasteiger partial charge >= 0.3 is 0 Å². The van der Waals surface area contributed by atoms with Crippen LogP contribution >= 0.6 is 11.8 Å². The molecule has 0 aliphatic heterocycles. The van der Waals surface area contributed by atoms with Crippen molar-refractivity contribution in [1.82, 2.24) is 24.6 Å². The molecule has 0 aliphatic rings. The van der Waals surface area contributed by atoms with Crippen molar-refractivity contribution in [2.75, 3.05) is 0 Å². The molecule has 0 saturated carbocycles. The fraction of sp³-hybridized carbons (Fsp3) is 0.125. The van der Waals surface area contributed by atoms with E-state index in [-0.39, 0.29) is 10.8 Å². The molecular weight excluding hydrogens is 310 g/mol. The van der Waals surface area contributed by atoms with Crippen LogP contribution in [0, 0.1) is 0 Å². The van der Waals surface area contributed by atoms with Crippen LogP contribution in [0.25, 0.3) is 16.6 Å². The van der Waals surface area contributed by atoms with Crippen LogP contribution in [0.1, 0.15) is 18.0 Å². The van der Waals surface area contributed by atoms with E-state index in [1.54, 1.807) is 6.07 Å². The van der Waals surface area contributed by atoms with Gasteiger partial charge in [0.2, 0.25) is 0 Å². The number of thioether (sulfide) groups is 1. The Morgan fingerprint density at radius 3 is 2.87 bits per heavy atom. The van der Waals surface area contributed by atoms with E-state index >= 15 is 0 Å². The molecule has 1 N–H and O–H groups in total. The number of para-hydroxylation sites is 1. The van der Waals surface area contributed by atoms with Crippen molar-refractivity contribution in [3.8, 4) is 0 Å². The lowest BCUT2D eigenvalue weighted by atomic mass is 10.2. The SMILES string of the molecule is C[C@H](Sc1nnc2ccccn12)c1nc2ccccc2c(=O)[nH]1. The summed E-state index contributed by atoms with van der Waals surface area (Å²) in [7, 11) is 0. The minimum absolute atomic E-state index is 0.0556. The molecule has 23 heavy (non-hydrogen) atoms. The van der Waals surface area contributed by atoms with E-state index in [0.29, 0.717) is 16.7 Å². The van der Waals surface area contributed by atoms with Gasteiger partial charge in [0.1, 0.15) is 5.82 Å². The first-order chi connectivity index (χ1) is 11.2. The molecule has 3 heterocycles. The van der Waals surface area contributed by atoms with E-state index in [1.165, 1.54) is 11.8 Å². The molecule has 4 rings (SSSR count). The number of fused-ring (bicyclic) bond motifs is 2. The summed E-state index contributed by atoms with van der Waals surface area (Å²) in [6, 6.07) is 13.1. The lowest BCUT2D eigenvalue weighted by Gasteiger charge is -2.10. The Balaban J connectivity index is 1.72. The number of benzene rings is 1. The van der Waals surface area contributed by atoms with Crippen molar-refractivity contribution >= 4 is 28.3 Å². The number of aromatic nitrogens is 5. The molecule has 0 aliphatic carbocycles. The van der Waals surface area contributed by atoms with Crippen molar-refractivity contribution in [2.24, 2.45) is 0 Å². The van der Waals surface area contributed by atoms with Crippen molar-refractivity contribution in [1.29, 1.82) is 0 Å². The highest BCUT2D eigenvalue weighted by Gasteiger charge is 2.15. The minimum Gasteiger partial charge on any atom is -0.309 e. The van der Waals surface area contributed by atoms with Gasteiger partial charge in [-0.1, -0.05) is 30.0 Å². The van der Waals surface area contributed by atoms with Gasteiger partial charge < -0.3 is 4.98 Å². The van der Waals surface area contributed by atoms with Crippen molar-refractivity contribution in [2.45, 2.75) is 17.3 Å². The topological polar surface area (TPSA) is 75.9 Å². The monoisotopic (exact) mass is 323 g/mol. The lowest BCUT2D eigenvalue weighted by molar-refractivity contribution is 0.883. The van der Waals surface area contributed by atoms with Gasteiger partial charge in [0.15, 0.2) is 10.8 Å². The highest BCUT2D eigenvalue weighted by molar-refractivity contribution is 7.99. The summed E-state index contributed by atoms with van der Waals surface area (Å²) in [5, 5.41) is 9.64. The second-order valence-corrected chi connectivity index (χ2v) is 6.45. The molecule has 0 saturated heterocycles. The molecule has 0 spiro atoms. The van der Waals surface area contributed by atoms with Crippen LogP contribution in [0.4, 0.5) is 0 Å². The molecule has 1 aromatic carbocycles. The van der Waals surface area contributed by atoms with Crippen LogP contribution in [-0.4, -0.2) is 24.6 Å². The van der Waals surface area contributed by atoms with Gasteiger partial charge in [0.25, 0.3) is 5.56 Å². The zero-order valence-corrected chi connectivity index (χ0v) is 13.1. The third-order valence-corrected chi connectivity index (χ3v) is 4.65. The molecule has 0 amide bonds. The Hall–Kier alpha value is -2.67. The minimum atomic E-state index is -0.121. The molecule has 0 radical (unpaired) electrons. The van der Waals surface area contributed by atoms with Crippen molar-refractivity contribution in [3.05, 3.63) is 64.8 Å². The van der Waals surface area contributed by atoms with Crippen LogP contribution in [0.2, 0.25) is 0 Å². The molecular formula is C16H13N5OS. The third-order valence-electron chi connectivity index (χ3n) is 3.58. The van der Waals surface area contributed by atoms with E-state index in [0.717, 1.165) is 10.8 Å². The number of nitrogens with one attached hydrogen (secondary N) is 1. The van der Waals surface area contributed by atoms with E-state index < -0.39 is 0 Å². The second kappa shape index (κ2) is 5.51. The maximum atomic E-state index is 12.2. The fourth-order valence-electron chi connectivity index (χ4n) is 2.41. The van der Waals surface area contributed by atoms with E-state index in [1.807, 2.05) is 53.9 Å². The van der Waals surface area contributed by atoms with Gasteiger partial charge in [-0.15, -0.1) is 10.2 Å². The zero-order chi connectivity index (χ0) is 15.8. The lowest BCUT2D eigenvalue weighted by Crippen LogP contribution is -2.12. The Morgan fingerprint density at radius 1 is 1.13 bits per heavy atom. The van der Waals surface area contributed by atoms with Gasteiger partial charge in [-0.3, -0.25) is 9.20 Å². The Morgan fingerprint density at radius 2 is 1.96 bits per heavy atom. The van der Waals surface area contributed by atoms with Gasteiger partial charge in [0.05, 0.1) is 16.2 Å². The predicted octanol–water partition coefficient (Wildman–Crippen LogP) is 2.82. The van der Waals surface area contributed by atoms with Gasteiger partial charge in [-0.2, -0.15) is 0 Å². The zero-order valence-electron chi connectivity index (χ0n) is 12.3. The Labute approximate surface area is 135 Å². The summed E-state index contributed by atoms with van der Waals surface area (Å²) < 4.78 is 1.92. The fourth-order valence-corrected chi connectivity index (χ4v) is 3.31. The number of aromatic amines is 1. The summed E-state index contributed by atoms with van der Waals surface area (Å²) in [5.41, 5.74) is 1.37. The predicted molar refractivity (Wildman–Crippen MR) is 89.6 cm³/mol. The number of nitrogens with zero attached hydrogens (tertiary/aromatic N) is 4. The first-order valence-electron chi connectivity index (χ1n) is 7.18. The van der Waals surface area contributed by atoms with Gasteiger partial charge in [-0.25, -0.2) is 4.98 Å². The van der Waals surface area contributed by atoms with E-state index in [4.69, 9.17) is 0 Å². The number of rotatable bonds is 3.